The van der Waals surface area contributed by atoms with Gasteiger partial charge in [0.05, 0.1) is 4.90 Å². The van der Waals surface area contributed by atoms with Crippen LogP contribution < -0.4 is 0 Å². The van der Waals surface area contributed by atoms with Gasteiger partial charge in [-0.1, -0.05) is 69.4 Å². The molecule has 150 valence electrons. The summed E-state index contributed by atoms with van der Waals surface area (Å²) in [5, 5.41) is 0. The van der Waals surface area contributed by atoms with Crippen molar-refractivity contribution in [1.29, 1.82) is 0 Å². The summed E-state index contributed by atoms with van der Waals surface area (Å²) in [7, 11) is -3.19. The molecule has 2 rings (SSSR count). The molecule has 0 saturated heterocycles. The molecule has 1 atom stereocenters. The molecular weight excluding hydrogens is 359 g/mol. The fourth-order valence-corrected chi connectivity index (χ4v) is 3.37. The number of rotatable bonds is 8. The summed E-state index contributed by atoms with van der Waals surface area (Å²) in [6.45, 7) is 6.82. The van der Waals surface area contributed by atoms with E-state index in [1.807, 2.05) is 0 Å². The van der Waals surface area contributed by atoms with Gasteiger partial charge in [-0.15, -0.1) is 0 Å². The number of sulfone groups is 1. The van der Waals surface area contributed by atoms with Crippen LogP contribution in [0.2, 0.25) is 0 Å². The summed E-state index contributed by atoms with van der Waals surface area (Å²) in [5.74, 6) is 0.449. The SMILES string of the molecule is CCCCCC(C)CCc1ccc(C)cc1.CS(=O)(=O)c1ccc(F)cc1. The zero-order valence-electron chi connectivity index (χ0n) is 17.0. The predicted molar refractivity (Wildman–Crippen MR) is 112 cm³/mol. The maximum absolute atomic E-state index is 12.3. The Morgan fingerprint density at radius 2 is 1.52 bits per heavy atom. The molecule has 4 heteroatoms. The molecule has 2 aromatic rings. The van der Waals surface area contributed by atoms with E-state index in [4.69, 9.17) is 0 Å². The van der Waals surface area contributed by atoms with E-state index in [0.717, 1.165) is 24.3 Å². The van der Waals surface area contributed by atoms with Crippen LogP contribution in [0.1, 0.15) is 57.1 Å². The molecule has 0 heterocycles. The molecule has 2 nitrogen and oxygen atoms in total. The van der Waals surface area contributed by atoms with Gasteiger partial charge in [0.25, 0.3) is 0 Å². The van der Waals surface area contributed by atoms with Crippen LogP contribution in [0, 0.1) is 18.7 Å². The van der Waals surface area contributed by atoms with Crippen LogP contribution in [0.4, 0.5) is 4.39 Å². The number of aryl methyl sites for hydroxylation is 2. The minimum Gasteiger partial charge on any atom is -0.224 e. The van der Waals surface area contributed by atoms with E-state index in [0.29, 0.717) is 0 Å². The lowest BCUT2D eigenvalue weighted by Gasteiger charge is -2.10. The Bertz CT molecular complexity index is 750. The first-order valence-electron chi connectivity index (χ1n) is 9.73. The standard InChI is InChI=1S/C16H26.C7H7FO2S/c1-4-5-6-7-14(2)8-11-16-12-9-15(3)10-13-16;1-11(9,10)7-4-2-6(8)3-5-7/h9-10,12-14H,4-8,11H2,1-3H3;2-5H,1H3. The molecule has 27 heavy (non-hydrogen) atoms. The highest BCUT2D eigenvalue weighted by Crippen LogP contribution is 2.16. The molecule has 0 saturated carbocycles. The fraction of sp³-hybridized carbons (Fsp3) is 0.478. The Kier molecular flexibility index (Phi) is 10.3. The van der Waals surface area contributed by atoms with Crippen LogP contribution in [0.15, 0.2) is 53.4 Å². The molecule has 0 radical (unpaired) electrons. The topological polar surface area (TPSA) is 34.1 Å². The third-order valence-corrected chi connectivity index (χ3v) is 5.72. The van der Waals surface area contributed by atoms with Crippen LogP contribution >= 0.6 is 0 Å². The number of benzene rings is 2. The molecular formula is C23H33FO2S. The molecule has 0 bridgehead atoms. The van der Waals surface area contributed by atoms with Crippen LogP contribution in [-0.2, 0) is 16.3 Å². The lowest BCUT2D eigenvalue weighted by molar-refractivity contribution is 0.464. The molecule has 0 amide bonds. The van der Waals surface area contributed by atoms with E-state index in [-0.39, 0.29) is 4.90 Å². The molecule has 0 aliphatic heterocycles. The Morgan fingerprint density at radius 1 is 0.926 bits per heavy atom. The van der Waals surface area contributed by atoms with Gasteiger partial charge >= 0.3 is 0 Å². The van der Waals surface area contributed by atoms with Gasteiger partial charge in [-0.25, -0.2) is 12.8 Å². The van der Waals surface area contributed by atoms with Crippen LogP contribution in [-0.4, -0.2) is 14.7 Å². The van der Waals surface area contributed by atoms with Crippen molar-refractivity contribution in [3.05, 3.63) is 65.5 Å². The van der Waals surface area contributed by atoms with Gasteiger partial charge in [-0.2, -0.15) is 0 Å². The summed E-state index contributed by atoms with van der Waals surface area (Å²) in [6.07, 6.45) is 9.21. The van der Waals surface area contributed by atoms with Crippen molar-refractivity contribution in [3.8, 4) is 0 Å². The third kappa shape index (κ3) is 10.3. The summed E-state index contributed by atoms with van der Waals surface area (Å²) in [5.41, 5.74) is 2.85. The Hall–Kier alpha value is -1.68. The zero-order chi connectivity index (χ0) is 20.3. The maximum Gasteiger partial charge on any atom is 0.175 e. The van der Waals surface area contributed by atoms with Crippen LogP contribution in [0.5, 0.6) is 0 Å². The van der Waals surface area contributed by atoms with Crippen molar-refractivity contribution in [3.63, 3.8) is 0 Å². The second kappa shape index (κ2) is 11.9. The zero-order valence-corrected chi connectivity index (χ0v) is 17.9. The normalized spacial score (nSPS) is 12.2. The van der Waals surface area contributed by atoms with E-state index in [1.54, 1.807) is 0 Å². The van der Waals surface area contributed by atoms with Gasteiger partial charge in [0.2, 0.25) is 0 Å². The van der Waals surface area contributed by atoms with Gasteiger partial charge in [0.1, 0.15) is 5.82 Å². The van der Waals surface area contributed by atoms with Crippen LogP contribution in [0.25, 0.3) is 0 Å². The third-order valence-electron chi connectivity index (χ3n) is 4.59. The predicted octanol–water partition coefficient (Wildman–Crippen LogP) is 6.37. The van der Waals surface area contributed by atoms with E-state index in [2.05, 4.69) is 45.0 Å². The number of unbranched alkanes of at least 4 members (excludes halogenated alkanes) is 2. The first kappa shape index (κ1) is 23.4. The average Bonchev–Trinajstić information content (AvgIpc) is 2.62. The van der Waals surface area contributed by atoms with Gasteiger partial charge < -0.3 is 0 Å². The largest absolute Gasteiger partial charge is 0.224 e. The van der Waals surface area contributed by atoms with E-state index in [1.165, 1.54) is 61.8 Å². The molecule has 2 aromatic carbocycles. The molecule has 0 aromatic heterocycles. The van der Waals surface area contributed by atoms with E-state index >= 15 is 0 Å². The Balaban J connectivity index is 0.000000289. The van der Waals surface area contributed by atoms with E-state index < -0.39 is 15.7 Å². The Morgan fingerprint density at radius 3 is 2.04 bits per heavy atom. The fourth-order valence-electron chi connectivity index (χ4n) is 2.74. The van der Waals surface area contributed by atoms with Gasteiger partial charge in [-0.3, -0.25) is 0 Å². The summed E-state index contributed by atoms with van der Waals surface area (Å²) in [6, 6.07) is 13.7. The minimum atomic E-state index is -3.19. The number of hydrogen-bond acceptors (Lipinski definition) is 2. The van der Waals surface area contributed by atoms with Gasteiger partial charge in [0, 0.05) is 6.26 Å². The first-order valence-corrected chi connectivity index (χ1v) is 11.6. The quantitative estimate of drug-likeness (QED) is 0.386. The molecule has 0 N–H and O–H groups in total. The van der Waals surface area contributed by atoms with Crippen molar-refractivity contribution in [1.82, 2.24) is 0 Å². The molecule has 0 fully saturated rings. The average molecular weight is 393 g/mol. The highest BCUT2D eigenvalue weighted by molar-refractivity contribution is 7.90. The highest BCUT2D eigenvalue weighted by Gasteiger charge is 2.05. The number of halogens is 1. The lowest BCUT2D eigenvalue weighted by Crippen LogP contribution is -1.97. The maximum atomic E-state index is 12.3. The molecule has 0 aliphatic rings. The van der Waals surface area contributed by atoms with Crippen LogP contribution in [0.3, 0.4) is 0 Å². The van der Waals surface area contributed by atoms with Gasteiger partial charge in [0.15, 0.2) is 9.84 Å². The minimum absolute atomic E-state index is 0.138. The monoisotopic (exact) mass is 392 g/mol. The van der Waals surface area contributed by atoms with Crippen molar-refractivity contribution in [2.45, 2.75) is 64.2 Å². The number of hydrogen-bond donors (Lipinski definition) is 0. The van der Waals surface area contributed by atoms with Crippen molar-refractivity contribution >= 4 is 9.84 Å². The summed E-state index contributed by atoms with van der Waals surface area (Å²) >= 11 is 0. The lowest BCUT2D eigenvalue weighted by atomic mass is 9.95. The molecule has 0 aliphatic carbocycles. The smallest absolute Gasteiger partial charge is 0.175 e. The second-order valence-electron chi connectivity index (χ2n) is 7.35. The van der Waals surface area contributed by atoms with Crippen molar-refractivity contribution in [2.24, 2.45) is 5.92 Å². The highest BCUT2D eigenvalue weighted by atomic mass is 32.2. The molecule has 1 unspecified atom stereocenters. The summed E-state index contributed by atoms with van der Waals surface area (Å²) in [4.78, 5) is 0.138. The first-order chi connectivity index (χ1) is 12.7. The molecule has 0 spiro atoms. The van der Waals surface area contributed by atoms with Crippen molar-refractivity contribution in [2.75, 3.05) is 6.26 Å². The van der Waals surface area contributed by atoms with Gasteiger partial charge in [-0.05, 0) is 55.5 Å². The van der Waals surface area contributed by atoms with Crippen molar-refractivity contribution < 1.29 is 12.8 Å². The van der Waals surface area contributed by atoms with E-state index in [9.17, 15) is 12.8 Å². The Labute approximate surface area is 164 Å². The second-order valence-corrected chi connectivity index (χ2v) is 9.37. The summed E-state index contributed by atoms with van der Waals surface area (Å²) < 4.78 is 33.9.